The lowest BCUT2D eigenvalue weighted by Gasteiger charge is -2.27. The van der Waals surface area contributed by atoms with Crippen molar-refractivity contribution in [1.82, 2.24) is 5.32 Å². The van der Waals surface area contributed by atoms with E-state index >= 15 is 0 Å². The van der Waals surface area contributed by atoms with Crippen molar-refractivity contribution in [2.75, 3.05) is 18.6 Å². The third-order valence-corrected chi connectivity index (χ3v) is 4.18. The predicted octanol–water partition coefficient (Wildman–Crippen LogP) is 2.59. The largest absolute Gasteiger partial charge is 0.469 e. The van der Waals surface area contributed by atoms with E-state index in [0.29, 0.717) is 6.42 Å². The van der Waals surface area contributed by atoms with Crippen molar-refractivity contribution in [2.24, 2.45) is 5.92 Å². The van der Waals surface area contributed by atoms with Crippen LogP contribution in [0.25, 0.3) is 0 Å². The average molecular weight is 303 g/mol. The Bertz CT molecular complexity index is 341. The van der Waals surface area contributed by atoms with Crippen LogP contribution >= 0.6 is 11.8 Å². The van der Waals surface area contributed by atoms with E-state index in [1.165, 1.54) is 7.11 Å². The first kappa shape index (κ1) is 17.1. The van der Waals surface area contributed by atoms with Crippen LogP contribution in [0.4, 0.5) is 4.79 Å². The van der Waals surface area contributed by atoms with E-state index in [9.17, 15) is 9.59 Å². The van der Waals surface area contributed by atoms with Gasteiger partial charge in [-0.2, -0.15) is 11.8 Å². The van der Waals surface area contributed by atoms with Crippen molar-refractivity contribution in [3.63, 3.8) is 0 Å². The van der Waals surface area contributed by atoms with Crippen LogP contribution < -0.4 is 5.32 Å². The summed E-state index contributed by atoms with van der Waals surface area (Å²) in [6, 6.07) is -0.0288. The molecule has 0 unspecified atom stereocenters. The normalized spacial score (nSPS) is 23.6. The minimum atomic E-state index is -0.512. The molecule has 1 rings (SSSR count). The second-order valence-electron chi connectivity index (χ2n) is 5.98. The zero-order valence-electron chi connectivity index (χ0n) is 12.7. The molecule has 6 heteroatoms. The molecule has 1 amide bonds. The van der Waals surface area contributed by atoms with Crippen molar-refractivity contribution in [3.05, 3.63) is 0 Å². The van der Waals surface area contributed by atoms with E-state index in [1.54, 1.807) is 0 Å². The van der Waals surface area contributed by atoms with Gasteiger partial charge in [-0.3, -0.25) is 4.79 Å². The third-order valence-electron chi connectivity index (χ3n) is 3.13. The summed E-state index contributed by atoms with van der Waals surface area (Å²) in [7, 11) is 1.39. The number of carbonyl (C=O) groups excluding carboxylic acids is 2. The van der Waals surface area contributed by atoms with Crippen LogP contribution in [0.3, 0.4) is 0 Å². The van der Waals surface area contributed by atoms with Gasteiger partial charge in [-0.1, -0.05) is 0 Å². The second-order valence-corrected chi connectivity index (χ2v) is 7.21. The van der Waals surface area contributed by atoms with E-state index in [2.05, 4.69) is 5.32 Å². The lowest BCUT2D eigenvalue weighted by molar-refractivity contribution is -0.142. The summed E-state index contributed by atoms with van der Waals surface area (Å²) >= 11 is 1.85. The van der Waals surface area contributed by atoms with Crippen molar-refractivity contribution in [3.8, 4) is 0 Å². The maximum atomic E-state index is 11.9. The quantitative estimate of drug-likeness (QED) is 0.812. The number of ether oxygens (including phenoxy) is 2. The first-order valence-corrected chi connectivity index (χ1v) is 8.11. The van der Waals surface area contributed by atoms with Gasteiger partial charge in [0.05, 0.1) is 13.5 Å². The standard InChI is InChI=1S/C14H25NO4S/c1-14(2,3)19-13(17)15-11-6-8-20-7-5-10(11)9-12(16)18-4/h10-11H,5-9H2,1-4H3,(H,15,17)/t10-,11+/m0/s1. The van der Waals surface area contributed by atoms with E-state index < -0.39 is 11.7 Å². The third kappa shape index (κ3) is 6.50. The maximum absolute atomic E-state index is 11.9. The molecule has 20 heavy (non-hydrogen) atoms. The zero-order valence-corrected chi connectivity index (χ0v) is 13.5. The van der Waals surface area contributed by atoms with Gasteiger partial charge in [-0.15, -0.1) is 0 Å². The molecule has 1 aliphatic heterocycles. The van der Waals surface area contributed by atoms with E-state index in [1.807, 2.05) is 32.5 Å². The fourth-order valence-corrected chi connectivity index (χ4v) is 3.27. The van der Waals surface area contributed by atoms with Gasteiger partial charge in [0.25, 0.3) is 0 Å². The number of thioether (sulfide) groups is 1. The smallest absolute Gasteiger partial charge is 0.407 e. The number of methoxy groups -OCH3 is 1. The fourth-order valence-electron chi connectivity index (χ4n) is 2.17. The Morgan fingerprint density at radius 1 is 1.25 bits per heavy atom. The van der Waals surface area contributed by atoms with Gasteiger partial charge in [0.15, 0.2) is 0 Å². The van der Waals surface area contributed by atoms with Gasteiger partial charge in [-0.25, -0.2) is 4.79 Å². The van der Waals surface area contributed by atoms with Crippen molar-refractivity contribution in [2.45, 2.75) is 51.7 Å². The highest BCUT2D eigenvalue weighted by atomic mass is 32.2. The Balaban J connectivity index is 2.61. The molecule has 0 bridgehead atoms. The number of hydrogen-bond acceptors (Lipinski definition) is 5. The molecule has 116 valence electrons. The molecule has 0 spiro atoms. The van der Waals surface area contributed by atoms with Crippen LogP contribution in [0.2, 0.25) is 0 Å². The molecule has 5 nitrogen and oxygen atoms in total. The Labute approximate surface area is 125 Å². The van der Waals surface area contributed by atoms with Crippen LogP contribution in [0, 0.1) is 5.92 Å². The first-order valence-electron chi connectivity index (χ1n) is 6.96. The van der Waals surface area contributed by atoms with Crippen LogP contribution in [0.1, 0.15) is 40.0 Å². The summed E-state index contributed by atoms with van der Waals surface area (Å²) in [5.41, 5.74) is -0.512. The molecular formula is C14H25NO4S. The molecule has 1 N–H and O–H groups in total. The van der Waals surface area contributed by atoms with E-state index in [0.717, 1.165) is 24.3 Å². The Kier molecular flexibility index (Phi) is 6.65. The molecule has 1 saturated heterocycles. The van der Waals surface area contributed by atoms with E-state index in [-0.39, 0.29) is 17.9 Å². The van der Waals surface area contributed by atoms with Gasteiger partial charge in [0.1, 0.15) is 5.60 Å². The molecule has 0 saturated carbocycles. The van der Waals surface area contributed by atoms with Crippen LogP contribution in [-0.4, -0.2) is 42.3 Å². The molecule has 1 heterocycles. The SMILES string of the molecule is COC(=O)C[C@@H]1CCSCC[C@H]1NC(=O)OC(C)(C)C. The fraction of sp³-hybridized carbons (Fsp3) is 0.857. The summed E-state index contributed by atoms with van der Waals surface area (Å²) in [5, 5.41) is 2.91. The van der Waals surface area contributed by atoms with Crippen molar-refractivity contribution < 1.29 is 19.1 Å². The second kappa shape index (κ2) is 7.76. The average Bonchev–Trinajstić information content (AvgIpc) is 2.53. The maximum Gasteiger partial charge on any atom is 0.407 e. The van der Waals surface area contributed by atoms with Crippen LogP contribution in [-0.2, 0) is 14.3 Å². The molecule has 0 radical (unpaired) electrons. The number of hydrogen-bond donors (Lipinski definition) is 1. The molecule has 0 aromatic rings. The number of amides is 1. The number of carbonyl (C=O) groups is 2. The first-order chi connectivity index (χ1) is 9.31. The minimum absolute atomic E-state index is 0.0288. The van der Waals surface area contributed by atoms with Crippen molar-refractivity contribution in [1.29, 1.82) is 0 Å². The molecule has 2 atom stereocenters. The molecule has 0 aromatic carbocycles. The summed E-state index contributed by atoms with van der Waals surface area (Å²) in [5.74, 6) is 1.88. The number of esters is 1. The highest BCUT2D eigenvalue weighted by molar-refractivity contribution is 7.99. The molecular weight excluding hydrogens is 278 g/mol. The topological polar surface area (TPSA) is 64.6 Å². The minimum Gasteiger partial charge on any atom is -0.469 e. The van der Waals surface area contributed by atoms with Gasteiger partial charge in [0, 0.05) is 6.04 Å². The van der Waals surface area contributed by atoms with Crippen LogP contribution in [0.5, 0.6) is 0 Å². The highest BCUT2D eigenvalue weighted by Gasteiger charge is 2.29. The van der Waals surface area contributed by atoms with Gasteiger partial charge >= 0.3 is 12.1 Å². The molecule has 1 fully saturated rings. The molecule has 0 aliphatic carbocycles. The number of rotatable bonds is 3. The van der Waals surface area contributed by atoms with Gasteiger partial charge in [0.2, 0.25) is 0 Å². The lowest BCUT2D eigenvalue weighted by Crippen LogP contribution is -2.43. The molecule has 1 aliphatic rings. The monoisotopic (exact) mass is 303 g/mol. The van der Waals surface area contributed by atoms with E-state index in [4.69, 9.17) is 9.47 Å². The Hall–Kier alpha value is -0.910. The zero-order chi connectivity index (χ0) is 15.2. The van der Waals surface area contributed by atoms with Crippen LogP contribution in [0.15, 0.2) is 0 Å². The molecule has 0 aromatic heterocycles. The summed E-state index contributed by atoms with van der Waals surface area (Å²) < 4.78 is 10.0. The highest BCUT2D eigenvalue weighted by Crippen LogP contribution is 2.26. The van der Waals surface area contributed by atoms with Gasteiger partial charge in [-0.05, 0) is 51.0 Å². The number of alkyl carbamates (subject to hydrolysis) is 1. The predicted molar refractivity (Wildman–Crippen MR) is 79.8 cm³/mol. The Morgan fingerprint density at radius 2 is 1.90 bits per heavy atom. The summed E-state index contributed by atoms with van der Waals surface area (Å²) in [4.78, 5) is 23.4. The summed E-state index contributed by atoms with van der Waals surface area (Å²) in [6.07, 6.45) is 1.69. The van der Waals surface area contributed by atoms with Crippen molar-refractivity contribution >= 4 is 23.8 Å². The lowest BCUT2D eigenvalue weighted by atomic mass is 9.92. The summed E-state index contributed by atoms with van der Waals surface area (Å²) in [6.45, 7) is 5.50. The Morgan fingerprint density at radius 3 is 2.50 bits per heavy atom. The van der Waals surface area contributed by atoms with Gasteiger partial charge < -0.3 is 14.8 Å². The number of nitrogens with one attached hydrogen (secondary N) is 1.